The number of amides is 1. The van der Waals surface area contributed by atoms with E-state index in [0.717, 1.165) is 37.3 Å². The Hall–Kier alpha value is -2.74. The molecule has 8 heteroatoms. The van der Waals surface area contributed by atoms with Crippen LogP contribution in [0.2, 0.25) is 0 Å². The van der Waals surface area contributed by atoms with Gasteiger partial charge in [0.2, 0.25) is 0 Å². The van der Waals surface area contributed by atoms with Gasteiger partial charge in [-0.15, -0.1) is 5.10 Å². The Kier molecular flexibility index (Phi) is 6.19. The minimum atomic E-state index is -0.0326. The van der Waals surface area contributed by atoms with Gasteiger partial charge in [0, 0.05) is 31.2 Å². The van der Waals surface area contributed by atoms with Gasteiger partial charge in [0.05, 0.1) is 11.4 Å². The summed E-state index contributed by atoms with van der Waals surface area (Å²) in [5, 5.41) is 9.30. The van der Waals surface area contributed by atoms with Crippen LogP contribution < -0.4 is 0 Å². The highest BCUT2D eigenvalue weighted by atomic mass is 32.2. The summed E-state index contributed by atoms with van der Waals surface area (Å²) in [6, 6.07) is 9.85. The largest absolute Gasteiger partial charge is 0.337 e. The van der Waals surface area contributed by atoms with Gasteiger partial charge in [-0.25, -0.2) is 14.6 Å². The Morgan fingerprint density at radius 2 is 1.72 bits per heavy atom. The predicted octanol–water partition coefficient (Wildman–Crippen LogP) is 3.67. The molecule has 7 nitrogen and oxygen atoms in total. The third kappa shape index (κ3) is 4.64. The van der Waals surface area contributed by atoms with E-state index in [1.165, 1.54) is 30.2 Å². The van der Waals surface area contributed by atoms with Crippen molar-refractivity contribution in [3.63, 3.8) is 0 Å². The molecule has 0 spiro atoms. The molecule has 1 aromatic carbocycles. The molecule has 1 amide bonds. The van der Waals surface area contributed by atoms with E-state index in [1.54, 1.807) is 23.1 Å². The molecule has 0 N–H and O–H groups in total. The number of rotatable bonds is 5. The molecule has 1 saturated heterocycles. The first-order chi connectivity index (χ1) is 14.2. The molecular weight excluding hydrogens is 384 g/mol. The van der Waals surface area contributed by atoms with Crippen molar-refractivity contribution in [1.82, 2.24) is 29.9 Å². The smallest absolute Gasteiger partial charge is 0.276 e. The van der Waals surface area contributed by atoms with E-state index in [1.807, 2.05) is 36.1 Å². The van der Waals surface area contributed by atoms with Crippen molar-refractivity contribution in [2.75, 3.05) is 13.1 Å². The highest BCUT2D eigenvalue weighted by Crippen LogP contribution is 2.24. The Labute approximate surface area is 174 Å². The van der Waals surface area contributed by atoms with Crippen molar-refractivity contribution < 1.29 is 4.79 Å². The molecule has 1 aliphatic heterocycles. The van der Waals surface area contributed by atoms with Crippen LogP contribution in [0.4, 0.5) is 0 Å². The Morgan fingerprint density at radius 3 is 2.41 bits per heavy atom. The van der Waals surface area contributed by atoms with E-state index in [9.17, 15) is 4.79 Å². The molecule has 0 saturated carbocycles. The standard InChI is InChI=1S/C21H24N6OS/c1-16-7-9-17(10-8-16)27-18(15-29-21-22-11-6-12-23-21)19(24-25-27)20(28)26-13-4-2-3-5-14-26/h6-12H,2-5,13-15H2,1H3. The van der Waals surface area contributed by atoms with Crippen LogP contribution in [0.1, 0.15) is 47.4 Å². The van der Waals surface area contributed by atoms with Crippen LogP contribution in [-0.4, -0.2) is 48.9 Å². The maximum absolute atomic E-state index is 13.3. The number of thioether (sulfide) groups is 1. The zero-order valence-corrected chi connectivity index (χ0v) is 17.3. The van der Waals surface area contributed by atoms with Crippen molar-refractivity contribution in [2.45, 2.75) is 43.5 Å². The molecule has 2 aromatic heterocycles. The molecule has 1 fully saturated rings. The van der Waals surface area contributed by atoms with E-state index < -0.39 is 0 Å². The second-order valence-corrected chi connectivity index (χ2v) is 8.10. The molecule has 0 aliphatic carbocycles. The zero-order chi connectivity index (χ0) is 20.1. The van der Waals surface area contributed by atoms with Gasteiger partial charge < -0.3 is 4.90 Å². The van der Waals surface area contributed by atoms with Crippen LogP contribution in [0.5, 0.6) is 0 Å². The van der Waals surface area contributed by atoms with Gasteiger partial charge >= 0.3 is 0 Å². The summed E-state index contributed by atoms with van der Waals surface area (Å²) < 4.78 is 1.76. The summed E-state index contributed by atoms with van der Waals surface area (Å²) in [5.74, 6) is 0.481. The van der Waals surface area contributed by atoms with Gasteiger partial charge in [0.25, 0.3) is 5.91 Å². The van der Waals surface area contributed by atoms with Crippen molar-refractivity contribution in [1.29, 1.82) is 0 Å². The summed E-state index contributed by atoms with van der Waals surface area (Å²) in [7, 11) is 0. The number of carbonyl (C=O) groups is 1. The fourth-order valence-corrected chi connectivity index (χ4v) is 4.20. The molecule has 3 heterocycles. The zero-order valence-electron chi connectivity index (χ0n) is 16.5. The second-order valence-electron chi connectivity index (χ2n) is 7.16. The minimum absolute atomic E-state index is 0.0326. The first kappa shape index (κ1) is 19.6. The summed E-state index contributed by atoms with van der Waals surface area (Å²) in [6.45, 7) is 3.61. The van der Waals surface area contributed by atoms with Crippen molar-refractivity contribution in [3.05, 3.63) is 59.7 Å². The lowest BCUT2D eigenvalue weighted by Crippen LogP contribution is -2.32. The number of carbonyl (C=O) groups excluding carboxylic acids is 1. The number of hydrogen-bond acceptors (Lipinski definition) is 6. The molecule has 0 unspecified atom stereocenters. The fourth-order valence-electron chi connectivity index (χ4n) is 3.41. The topological polar surface area (TPSA) is 76.8 Å². The monoisotopic (exact) mass is 408 g/mol. The SMILES string of the molecule is Cc1ccc(-n2nnc(C(=O)N3CCCCCC3)c2CSc2ncccn2)cc1. The number of hydrogen-bond donors (Lipinski definition) is 0. The fraction of sp³-hybridized carbons (Fsp3) is 0.381. The third-order valence-corrected chi connectivity index (χ3v) is 5.90. The van der Waals surface area contributed by atoms with Gasteiger partial charge in [0.1, 0.15) is 0 Å². The molecule has 0 radical (unpaired) electrons. The maximum Gasteiger partial charge on any atom is 0.276 e. The minimum Gasteiger partial charge on any atom is -0.337 e. The van der Waals surface area contributed by atoms with Gasteiger partial charge in [0.15, 0.2) is 10.9 Å². The van der Waals surface area contributed by atoms with E-state index in [0.29, 0.717) is 16.6 Å². The van der Waals surface area contributed by atoms with Crippen LogP contribution in [0, 0.1) is 6.92 Å². The van der Waals surface area contributed by atoms with Gasteiger partial charge in [-0.05, 0) is 38.0 Å². The van der Waals surface area contributed by atoms with E-state index in [-0.39, 0.29) is 5.91 Å². The molecular formula is C21H24N6OS. The average molecular weight is 409 g/mol. The lowest BCUT2D eigenvalue weighted by molar-refractivity contribution is 0.0755. The van der Waals surface area contributed by atoms with E-state index in [2.05, 4.69) is 20.3 Å². The Balaban J connectivity index is 1.66. The van der Waals surface area contributed by atoms with Gasteiger partial charge in [-0.3, -0.25) is 4.79 Å². The van der Waals surface area contributed by atoms with Crippen molar-refractivity contribution >= 4 is 17.7 Å². The molecule has 4 rings (SSSR count). The summed E-state index contributed by atoms with van der Waals surface area (Å²) in [5.41, 5.74) is 3.27. The molecule has 29 heavy (non-hydrogen) atoms. The molecule has 1 aliphatic rings. The van der Waals surface area contributed by atoms with Crippen LogP contribution in [0.25, 0.3) is 5.69 Å². The maximum atomic E-state index is 13.3. The highest BCUT2D eigenvalue weighted by Gasteiger charge is 2.26. The Bertz CT molecular complexity index is 949. The molecule has 150 valence electrons. The summed E-state index contributed by atoms with van der Waals surface area (Å²) in [4.78, 5) is 23.7. The normalized spacial score (nSPS) is 14.6. The lowest BCUT2D eigenvalue weighted by atomic mass is 10.2. The first-order valence-electron chi connectivity index (χ1n) is 9.93. The van der Waals surface area contributed by atoms with Crippen LogP contribution in [-0.2, 0) is 5.75 Å². The molecule has 0 atom stereocenters. The average Bonchev–Trinajstić information content (AvgIpc) is 2.98. The summed E-state index contributed by atoms with van der Waals surface area (Å²) in [6.07, 6.45) is 7.86. The van der Waals surface area contributed by atoms with Gasteiger partial charge in [-0.1, -0.05) is 47.5 Å². The van der Waals surface area contributed by atoms with Crippen molar-refractivity contribution in [2.24, 2.45) is 0 Å². The number of likely N-dealkylation sites (tertiary alicyclic amines) is 1. The van der Waals surface area contributed by atoms with Crippen molar-refractivity contribution in [3.8, 4) is 5.69 Å². The van der Waals surface area contributed by atoms with Gasteiger partial charge in [-0.2, -0.15) is 0 Å². The third-order valence-electron chi connectivity index (χ3n) is 5.02. The highest BCUT2D eigenvalue weighted by molar-refractivity contribution is 7.98. The first-order valence-corrected chi connectivity index (χ1v) is 10.9. The molecule has 0 bridgehead atoms. The summed E-state index contributed by atoms with van der Waals surface area (Å²) >= 11 is 1.48. The number of aromatic nitrogens is 5. The van der Waals surface area contributed by atoms with E-state index >= 15 is 0 Å². The lowest BCUT2D eigenvalue weighted by Gasteiger charge is -2.19. The second kappa shape index (κ2) is 9.17. The number of nitrogens with zero attached hydrogens (tertiary/aromatic N) is 6. The van der Waals surface area contributed by atoms with Crippen LogP contribution in [0.15, 0.2) is 47.9 Å². The predicted molar refractivity (Wildman–Crippen MR) is 112 cm³/mol. The van der Waals surface area contributed by atoms with Crippen LogP contribution in [0.3, 0.4) is 0 Å². The number of benzene rings is 1. The molecule has 3 aromatic rings. The number of aryl methyl sites for hydroxylation is 1. The quantitative estimate of drug-likeness (QED) is 0.473. The van der Waals surface area contributed by atoms with E-state index in [4.69, 9.17) is 0 Å². The van der Waals surface area contributed by atoms with Crippen LogP contribution >= 0.6 is 11.8 Å². The Morgan fingerprint density at radius 1 is 1.03 bits per heavy atom.